The van der Waals surface area contributed by atoms with Gasteiger partial charge in [0.2, 0.25) is 0 Å². The van der Waals surface area contributed by atoms with Crippen LogP contribution in [-0.2, 0) is 17.9 Å². The van der Waals surface area contributed by atoms with Crippen LogP contribution < -0.4 is 0 Å². The van der Waals surface area contributed by atoms with Crippen LogP contribution in [-0.4, -0.2) is 0 Å². The molecule has 0 spiro atoms. The zero-order valence-electron chi connectivity index (χ0n) is 11.9. The Bertz CT molecular complexity index is 794. The van der Waals surface area contributed by atoms with E-state index in [2.05, 4.69) is 60.7 Å². The van der Waals surface area contributed by atoms with Crippen LogP contribution in [0.3, 0.4) is 0 Å². The molecule has 0 radical (unpaired) electrons. The molecular formula is C19H14Cl2Zr. The van der Waals surface area contributed by atoms with Crippen molar-refractivity contribution in [1.29, 1.82) is 0 Å². The van der Waals surface area contributed by atoms with Crippen molar-refractivity contribution in [2.24, 2.45) is 0 Å². The minimum atomic E-state index is -3.43. The first kappa shape index (κ1) is 13.8. The molecule has 2 aliphatic carbocycles. The molecule has 3 heteroatoms. The molecule has 2 atom stereocenters. The zero-order valence-corrected chi connectivity index (χ0v) is 15.9. The van der Waals surface area contributed by atoms with Gasteiger partial charge in [0.1, 0.15) is 0 Å². The molecular weight excluding hydrogens is 390 g/mol. The second-order valence-corrected chi connectivity index (χ2v) is 21.1. The van der Waals surface area contributed by atoms with Crippen molar-refractivity contribution in [2.45, 2.75) is 13.7 Å². The van der Waals surface area contributed by atoms with E-state index in [0.29, 0.717) is 7.25 Å². The molecule has 1 heterocycles. The number of hydrogen-bond donors (Lipinski definition) is 0. The average molecular weight is 404 g/mol. The minimum absolute atomic E-state index is 0.308. The third kappa shape index (κ3) is 1.74. The Morgan fingerprint density at radius 3 is 1.68 bits per heavy atom. The van der Waals surface area contributed by atoms with Crippen molar-refractivity contribution in [1.82, 2.24) is 0 Å². The number of allylic oxidation sites excluding steroid dienone is 2. The van der Waals surface area contributed by atoms with Crippen molar-refractivity contribution in [3.8, 4) is 0 Å². The van der Waals surface area contributed by atoms with Crippen LogP contribution >= 0.6 is 17.0 Å². The van der Waals surface area contributed by atoms with Crippen LogP contribution in [0.2, 0.25) is 0 Å². The number of fused-ring (bicyclic) bond motifs is 6. The van der Waals surface area contributed by atoms with Crippen LogP contribution in [0, 0.1) is 0 Å². The first-order chi connectivity index (χ1) is 10.7. The van der Waals surface area contributed by atoms with Gasteiger partial charge in [-0.05, 0) is 0 Å². The first-order valence-corrected chi connectivity index (χ1v) is 16.8. The summed E-state index contributed by atoms with van der Waals surface area (Å²) in [5.74, 6) is 0. The maximum atomic E-state index is 7.22. The fourth-order valence-electron chi connectivity index (χ4n) is 4.39. The number of benzene rings is 2. The summed E-state index contributed by atoms with van der Waals surface area (Å²) < 4.78 is 0.615. The fraction of sp³-hybridized carbons (Fsp3) is 0.158. The topological polar surface area (TPSA) is 0 Å². The number of rotatable bonds is 0. The monoisotopic (exact) mass is 402 g/mol. The van der Waals surface area contributed by atoms with Gasteiger partial charge in [-0.1, -0.05) is 0 Å². The van der Waals surface area contributed by atoms with E-state index in [9.17, 15) is 0 Å². The molecule has 22 heavy (non-hydrogen) atoms. The van der Waals surface area contributed by atoms with Gasteiger partial charge in [0.25, 0.3) is 0 Å². The molecule has 0 N–H and O–H groups in total. The Hall–Kier alpha value is -0.617. The van der Waals surface area contributed by atoms with E-state index in [4.69, 9.17) is 17.0 Å². The fourth-order valence-corrected chi connectivity index (χ4v) is 18.0. The molecule has 1 aliphatic heterocycles. The van der Waals surface area contributed by atoms with Gasteiger partial charge in [-0.15, -0.1) is 0 Å². The van der Waals surface area contributed by atoms with Crippen molar-refractivity contribution in [3.63, 3.8) is 0 Å². The molecule has 2 aromatic rings. The molecule has 2 unspecified atom stereocenters. The van der Waals surface area contributed by atoms with E-state index in [1.54, 1.807) is 0 Å². The molecule has 1 saturated heterocycles. The molecule has 1 fully saturated rings. The van der Waals surface area contributed by atoms with Crippen molar-refractivity contribution >= 4 is 29.2 Å². The molecule has 5 rings (SSSR count). The number of halogens is 2. The van der Waals surface area contributed by atoms with Gasteiger partial charge in [-0.2, -0.15) is 0 Å². The standard InChI is InChI=1S/C19H14.2ClH.Zr/c1-2-6-17-11-14(10-16(17)5-1)9-15-12-18-7-3-4-8-19(18)13-15;;;/h1-8,10-13H,9H2;2*1H;/q;;;+2/p-2. The predicted octanol–water partition coefficient (Wildman–Crippen LogP) is 6.13. The van der Waals surface area contributed by atoms with E-state index >= 15 is 0 Å². The molecule has 3 aliphatic rings. The molecule has 0 nitrogen and oxygen atoms in total. The van der Waals surface area contributed by atoms with Gasteiger partial charge in [0, 0.05) is 0 Å². The molecule has 0 bridgehead atoms. The van der Waals surface area contributed by atoms with Gasteiger partial charge in [-0.3, -0.25) is 0 Å². The van der Waals surface area contributed by atoms with Crippen molar-refractivity contribution in [2.75, 3.05) is 0 Å². The Balaban J connectivity index is 1.72. The van der Waals surface area contributed by atoms with Gasteiger partial charge < -0.3 is 0 Å². The Kier molecular flexibility index (Phi) is 2.94. The summed E-state index contributed by atoms with van der Waals surface area (Å²) in [7, 11) is 14.4. The SMILES string of the molecule is [Cl][Zr]1([Cl])[CH]2C(=Cc3ccccc32)CC2=Cc3ccccc3[CH]21. The maximum absolute atomic E-state index is 7.22. The van der Waals surface area contributed by atoms with E-state index in [1.807, 2.05) is 0 Å². The summed E-state index contributed by atoms with van der Waals surface area (Å²) in [6.45, 7) is 0. The van der Waals surface area contributed by atoms with E-state index in [0.717, 1.165) is 6.42 Å². The second-order valence-electron chi connectivity index (χ2n) is 6.41. The van der Waals surface area contributed by atoms with Gasteiger partial charge >= 0.3 is 143 Å². The summed E-state index contributed by atoms with van der Waals surface area (Å²) in [6.07, 6.45) is 5.68. The van der Waals surface area contributed by atoms with Gasteiger partial charge in [-0.25, -0.2) is 0 Å². The molecule has 2 aromatic carbocycles. The van der Waals surface area contributed by atoms with Gasteiger partial charge in [0.15, 0.2) is 0 Å². The molecule has 0 saturated carbocycles. The van der Waals surface area contributed by atoms with E-state index in [1.165, 1.54) is 33.4 Å². The van der Waals surface area contributed by atoms with Crippen molar-refractivity contribution in [3.05, 3.63) is 81.9 Å². The van der Waals surface area contributed by atoms with Crippen molar-refractivity contribution < 1.29 is 17.9 Å². The summed E-state index contributed by atoms with van der Waals surface area (Å²) >= 11 is -3.43. The first-order valence-electron chi connectivity index (χ1n) is 7.63. The summed E-state index contributed by atoms with van der Waals surface area (Å²) in [5, 5.41) is 0. The van der Waals surface area contributed by atoms with Crippen LogP contribution in [0.15, 0.2) is 59.7 Å². The summed E-state index contributed by atoms with van der Waals surface area (Å²) in [4.78, 5) is 0. The molecule has 108 valence electrons. The third-order valence-corrected chi connectivity index (χ3v) is 17.5. The quantitative estimate of drug-likeness (QED) is 0.496. The normalized spacial score (nSPS) is 26.5. The van der Waals surface area contributed by atoms with Crippen LogP contribution in [0.25, 0.3) is 12.2 Å². The van der Waals surface area contributed by atoms with E-state index in [-0.39, 0.29) is 0 Å². The summed E-state index contributed by atoms with van der Waals surface area (Å²) in [5.41, 5.74) is 8.25. The predicted molar refractivity (Wildman–Crippen MR) is 90.6 cm³/mol. The second kappa shape index (κ2) is 4.70. The summed E-state index contributed by atoms with van der Waals surface area (Å²) in [6, 6.07) is 17.2. The Labute approximate surface area is 142 Å². The average Bonchev–Trinajstić information content (AvgIpc) is 3.05. The van der Waals surface area contributed by atoms with Crippen LogP contribution in [0.5, 0.6) is 0 Å². The zero-order chi connectivity index (χ0) is 14.9. The van der Waals surface area contributed by atoms with Crippen LogP contribution in [0.1, 0.15) is 35.9 Å². The Morgan fingerprint density at radius 2 is 1.18 bits per heavy atom. The van der Waals surface area contributed by atoms with Crippen LogP contribution in [0.4, 0.5) is 0 Å². The molecule has 0 amide bonds. The molecule has 0 aromatic heterocycles. The number of hydrogen-bond acceptors (Lipinski definition) is 0. The van der Waals surface area contributed by atoms with Gasteiger partial charge in [0.05, 0.1) is 0 Å². The third-order valence-electron chi connectivity index (χ3n) is 5.22. The Morgan fingerprint density at radius 1 is 0.727 bits per heavy atom. The van der Waals surface area contributed by atoms with E-state index < -0.39 is 17.9 Å².